The highest BCUT2D eigenvalue weighted by Gasteiger charge is 2.41. The summed E-state index contributed by atoms with van der Waals surface area (Å²) in [6.45, 7) is 0.497. The van der Waals surface area contributed by atoms with E-state index in [4.69, 9.17) is 5.73 Å². The van der Waals surface area contributed by atoms with Crippen molar-refractivity contribution >= 4 is 28.8 Å². The van der Waals surface area contributed by atoms with Crippen LogP contribution in [0.5, 0.6) is 0 Å². The third-order valence-electron chi connectivity index (χ3n) is 7.51. The number of aromatic nitrogens is 3. The Hall–Kier alpha value is -4.57. The second kappa shape index (κ2) is 12.7. The van der Waals surface area contributed by atoms with Gasteiger partial charge in [-0.25, -0.2) is 4.68 Å². The molecule has 0 spiro atoms. The van der Waals surface area contributed by atoms with E-state index in [-0.39, 0.29) is 43.3 Å². The van der Waals surface area contributed by atoms with Gasteiger partial charge in [-0.1, -0.05) is 71.9 Å². The van der Waals surface area contributed by atoms with Crippen molar-refractivity contribution in [3.8, 4) is 0 Å². The standard InChI is InChI=1S/C31H35N7O3/c1-37-27-15-13-23(16-26(27)35-36-37)19-33-30(40)28-18-24(34-29(39)17-22-10-6-3-7-11-22)20-38(28)31(41)25(32)14-12-21-8-4-2-5-9-21/h2-11,13,15-16,24-25,28H,12,14,17-20,32H2,1H3,(H,33,40)(H,34,39). The number of aryl methyl sites for hydroxylation is 2. The highest BCUT2D eigenvalue weighted by molar-refractivity contribution is 5.91. The minimum absolute atomic E-state index is 0.152. The molecule has 10 nitrogen and oxygen atoms in total. The molecule has 1 aliphatic rings. The molecule has 10 heteroatoms. The van der Waals surface area contributed by atoms with Gasteiger partial charge in [0.2, 0.25) is 17.7 Å². The van der Waals surface area contributed by atoms with Gasteiger partial charge in [0.15, 0.2) is 0 Å². The van der Waals surface area contributed by atoms with Gasteiger partial charge in [-0.2, -0.15) is 0 Å². The third-order valence-corrected chi connectivity index (χ3v) is 7.51. The minimum Gasteiger partial charge on any atom is -0.351 e. The Labute approximate surface area is 238 Å². The van der Waals surface area contributed by atoms with Gasteiger partial charge in [0.25, 0.3) is 0 Å². The number of carbonyl (C=O) groups excluding carboxylic acids is 3. The Morgan fingerprint density at radius 3 is 2.41 bits per heavy atom. The van der Waals surface area contributed by atoms with Crippen molar-refractivity contribution in [3.63, 3.8) is 0 Å². The summed E-state index contributed by atoms with van der Waals surface area (Å²) in [4.78, 5) is 41.3. The molecule has 0 saturated carbocycles. The minimum atomic E-state index is -0.761. The fourth-order valence-electron chi connectivity index (χ4n) is 5.30. The van der Waals surface area contributed by atoms with Crippen molar-refractivity contribution in [2.45, 2.75) is 50.4 Å². The van der Waals surface area contributed by atoms with Gasteiger partial charge < -0.3 is 21.3 Å². The van der Waals surface area contributed by atoms with E-state index < -0.39 is 12.1 Å². The molecule has 3 unspecified atom stereocenters. The van der Waals surface area contributed by atoms with Crippen LogP contribution in [0, 0.1) is 0 Å². The summed E-state index contributed by atoms with van der Waals surface area (Å²) in [6, 6.07) is 23.2. The lowest BCUT2D eigenvalue weighted by molar-refractivity contribution is -0.139. The average Bonchev–Trinajstić information content (AvgIpc) is 3.58. The second-order valence-corrected chi connectivity index (χ2v) is 10.6. The quantitative estimate of drug-likeness (QED) is 0.274. The van der Waals surface area contributed by atoms with Crippen LogP contribution >= 0.6 is 0 Å². The number of fused-ring (bicyclic) bond motifs is 1. The first-order chi connectivity index (χ1) is 19.9. The first-order valence-corrected chi connectivity index (χ1v) is 13.9. The lowest BCUT2D eigenvalue weighted by atomic mass is 10.0. The van der Waals surface area contributed by atoms with E-state index in [0.29, 0.717) is 19.3 Å². The van der Waals surface area contributed by atoms with E-state index in [1.807, 2.05) is 85.9 Å². The first-order valence-electron chi connectivity index (χ1n) is 13.9. The zero-order valence-electron chi connectivity index (χ0n) is 23.1. The van der Waals surface area contributed by atoms with Gasteiger partial charge in [-0.3, -0.25) is 14.4 Å². The maximum atomic E-state index is 13.5. The van der Waals surface area contributed by atoms with E-state index in [1.165, 1.54) is 4.90 Å². The fourth-order valence-corrected chi connectivity index (χ4v) is 5.30. The molecule has 5 rings (SSSR count). The summed E-state index contributed by atoms with van der Waals surface area (Å²) in [5.74, 6) is -0.727. The number of benzene rings is 3. The van der Waals surface area contributed by atoms with Crippen LogP contribution in [0.2, 0.25) is 0 Å². The maximum absolute atomic E-state index is 13.5. The van der Waals surface area contributed by atoms with Crippen LogP contribution in [0.3, 0.4) is 0 Å². The largest absolute Gasteiger partial charge is 0.351 e. The Kier molecular flexibility index (Phi) is 8.69. The third kappa shape index (κ3) is 6.96. The van der Waals surface area contributed by atoms with Gasteiger partial charge in [-0.15, -0.1) is 5.10 Å². The van der Waals surface area contributed by atoms with E-state index >= 15 is 0 Å². The molecule has 2 heterocycles. The Morgan fingerprint density at radius 1 is 0.976 bits per heavy atom. The number of amides is 3. The van der Waals surface area contributed by atoms with Crippen molar-refractivity contribution < 1.29 is 14.4 Å². The molecule has 0 aliphatic carbocycles. The van der Waals surface area contributed by atoms with Gasteiger partial charge in [0, 0.05) is 26.2 Å². The summed E-state index contributed by atoms with van der Waals surface area (Å²) in [5, 5.41) is 14.1. The SMILES string of the molecule is Cn1nnc2cc(CNC(=O)C3CC(NC(=O)Cc4ccccc4)CN3C(=O)C(N)CCc3ccccc3)ccc21. The first kappa shape index (κ1) is 28.0. The van der Waals surface area contributed by atoms with Crippen LogP contribution in [0.4, 0.5) is 0 Å². The van der Waals surface area contributed by atoms with Crippen molar-refractivity contribution in [1.29, 1.82) is 0 Å². The summed E-state index contributed by atoms with van der Waals surface area (Å²) in [5.41, 5.74) is 10.8. The van der Waals surface area contributed by atoms with Crippen molar-refractivity contribution in [2.24, 2.45) is 12.8 Å². The topological polar surface area (TPSA) is 135 Å². The van der Waals surface area contributed by atoms with Crippen LogP contribution in [0.15, 0.2) is 78.9 Å². The zero-order chi connectivity index (χ0) is 28.8. The summed E-state index contributed by atoms with van der Waals surface area (Å²) in [7, 11) is 1.82. The predicted octanol–water partition coefficient (Wildman–Crippen LogP) is 1.87. The second-order valence-electron chi connectivity index (χ2n) is 10.6. The summed E-state index contributed by atoms with van der Waals surface area (Å²) >= 11 is 0. The number of rotatable bonds is 10. The van der Waals surface area contributed by atoms with Crippen LogP contribution in [0.1, 0.15) is 29.5 Å². The monoisotopic (exact) mass is 553 g/mol. The van der Waals surface area contributed by atoms with Gasteiger partial charge in [0.05, 0.1) is 18.0 Å². The number of nitrogens with zero attached hydrogens (tertiary/aromatic N) is 4. The van der Waals surface area contributed by atoms with E-state index in [9.17, 15) is 14.4 Å². The molecule has 0 radical (unpaired) electrons. The Balaban J connectivity index is 1.25. The number of hydrogen-bond donors (Lipinski definition) is 3. The number of carbonyl (C=O) groups is 3. The number of likely N-dealkylation sites (tertiary alicyclic amines) is 1. The van der Waals surface area contributed by atoms with E-state index in [2.05, 4.69) is 20.9 Å². The van der Waals surface area contributed by atoms with Crippen molar-refractivity contribution in [1.82, 2.24) is 30.5 Å². The fraction of sp³-hybridized carbons (Fsp3) is 0.323. The number of nitrogens with two attached hydrogens (primary N) is 1. The molecular weight excluding hydrogens is 518 g/mol. The molecule has 1 fully saturated rings. The molecule has 3 atom stereocenters. The van der Waals surface area contributed by atoms with E-state index in [1.54, 1.807) is 4.68 Å². The molecule has 1 aliphatic heterocycles. The maximum Gasteiger partial charge on any atom is 0.243 e. The molecule has 212 valence electrons. The summed E-state index contributed by atoms with van der Waals surface area (Å²) < 4.78 is 1.69. The smallest absolute Gasteiger partial charge is 0.243 e. The molecule has 3 aromatic carbocycles. The molecule has 1 saturated heterocycles. The van der Waals surface area contributed by atoms with Crippen LogP contribution in [-0.4, -0.2) is 62.3 Å². The van der Waals surface area contributed by atoms with Crippen LogP contribution in [-0.2, 0) is 40.8 Å². The zero-order valence-corrected chi connectivity index (χ0v) is 23.1. The lowest BCUT2D eigenvalue weighted by Crippen LogP contribution is -2.51. The highest BCUT2D eigenvalue weighted by atomic mass is 16.2. The van der Waals surface area contributed by atoms with Gasteiger partial charge in [0.1, 0.15) is 11.6 Å². The molecule has 0 bridgehead atoms. The molecule has 41 heavy (non-hydrogen) atoms. The molecule has 1 aromatic heterocycles. The average molecular weight is 554 g/mol. The van der Waals surface area contributed by atoms with Crippen molar-refractivity contribution in [3.05, 3.63) is 95.6 Å². The van der Waals surface area contributed by atoms with Crippen LogP contribution in [0.25, 0.3) is 11.0 Å². The van der Waals surface area contributed by atoms with Gasteiger partial charge >= 0.3 is 0 Å². The summed E-state index contributed by atoms with van der Waals surface area (Å²) in [6.07, 6.45) is 1.65. The molecule has 3 amide bonds. The Morgan fingerprint density at radius 2 is 1.68 bits per heavy atom. The van der Waals surface area contributed by atoms with Crippen LogP contribution < -0.4 is 16.4 Å². The predicted molar refractivity (Wildman–Crippen MR) is 155 cm³/mol. The molecule has 4 aromatic rings. The lowest BCUT2D eigenvalue weighted by Gasteiger charge is -2.26. The normalized spacial score (nSPS) is 17.4. The van der Waals surface area contributed by atoms with Gasteiger partial charge in [-0.05, 0) is 48.1 Å². The number of hydrogen-bond acceptors (Lipinski definition) is 6. The Bertz CT molecular complexity index is 1510. The van der Waals surface area contributed by atoms with E-state index in [0.717, 1.165) is 27.7 Å². The molecule has 4 N–H and O–H groups in total. The van der Waals surface area contributed by atoms with Crippen molar-refractivity contribution in [2.75, 3.05) is 6.54 Å². The molecular formula is C31H35N7O3. The number of nitrogens with one attached hydrogen (secondary N) is 2. The highest BCUT2D eigenvalue weighted by Crippen LogP contribution is 2.21.